The lowest BCUT2D eigenvalue weighted by Gasteiger charge is -2.05. The fraction of sp³-hybridized carbons (Fsp3) is 1.00. The van der Waals surface area contributed by atoms with Crippen LogP contribution in [0.2, 0.25) is 0 Å². The molecule has 3 heteroatoms. The molecule has 0 aliphatic heterocycles. The van der Waals surface area contributed by atoms with E-state index in [0.29, 0.717) is 6.42 Å². The molecule has 0 bridgehead atoms. The largest absolute Gasteiger partial charge is 0.389 e. The lowest BCUT2D eigenvalue weighted by atomic mass is 10.0. The molecule has 0 aliphatic rings. The van der Waals surface area contributed by atoms with Crippen molar-refractivity contribution in [3.05, 3.63) is 0 Å². The van der Waals surface area contributed by atoms with Crippen LogP contribution in [-0.2, 0) is 0 Å². The first-order valence-corrected chi connectivity index (χ1v) is 10.1. The van der Waals surface area contributed by atoms with Gasteiger partial charge in [-0.1, -0.05) is 110 Å². The molecule has 0 fully saturated rings. The van der Waals surface area contributed by atoms with Crippen LogP contribution in [0.1, 0.15) is 122 Å². The van der Waals surface area contributed by atoms with E-state index in [-0.39, 0.29) is 0 Å². The van der Waals surface area contributed by atoms with Crippen molar-refractivity contribution < 1.29 is 13.2 Å². The van der Waals surface area contributed by atoms with Gasteiger partial charge in [-0.2, -0.15) is 13.2 Å². The fourth-order valence-corrected chi connectivity index (χ4v) is 3.05. The summed E-state index contributed by atoms with van der Waals surface area (Å²) in [5, 5.41) is 0. The summed E-state index contributed by atoms with van der Waals surface area (Å²) < 4.78 is 35.9. The average Bonchev–Trinajstić information content (AvgIpc) is 2.49. The Balaban J connectivity index is 3.00. The summed E-state index contributed by atoms with van der Waals surface area (Å²) in [6, 6.07) is 0. The minimum absolute atomic E-state index is 0.307. The highest BCUT2D eigenvalue weighted by Crippen LogP contribution is 2.23. The van der Waals surface area contributed by atoms with Crippen molar-refractivity contribution in [3.8, 4) is 0 Å². The fourth-order valence-electron chi connectivity index (χ4n) is 3.05. The van der Waals surface area contributed by atoms with E-state index in [1.165, 1.54) is 83.5 Å². The van der Waals surface area contributed by atoms with Gasteiger partial charge in [0, 0.05) is 6.42 Å². The third-order valence-electron chi connectivity index (χ3n) is 4.56. The first-order chi connectivity index (χ1) is 11.1. The van der Waals surface area contributed by atoms with Crippen LogP contribution in [0.5, 0.6) is 0 Å². The summed E-state index contributed by atoms with van der Waals surface area (Å²) in [6.45, 7) is 2.26. The Morgan fingerprint density at radius 2 is 0.696 bits per heavy atom. The molecule has 0 saturated heterocycles. The van der Waals surface area contributed by atoms with E-state index in [0.717, 1.165) is 19.3 Å². The molecule has 0 amide bonds. The molecule has 0 rings (SSSR count). The minimum Gasteiger partial charge on any atom is -0.171 e. The Morgan fingerprint density at radius 3 is 0.957 bits per heavy atom. The van der Waals surface area contributed by atoms with Gasteiger partial charge in [-0.3, -0.25) is 0 Å². The maximum atomic E-state index is 12.0. The first-order valence-electron chi connectivity index (χ1n) is 10.1. The Morgan fingerprint density at radius 1 is 0.435 bits per heavy atom. The highest BCUT2D eigenvalue weighted by molar-refractivity contribution is 4.53. The number of rotatable bonds is 17. The predicted molar refractivity (Wildman–Crippen MR) is 94.8 cm³/mol. The van der Waals surface area contributed by atoms with Crippen LogP contribution in [0.25, 0.3) is 0 Å². The van der Waals surface area contributed by atoms with Gasteiger partial charge < -0.3 is 0 Å². The quantitative estimate of drug-likeness (QED) is 0.233. The van der Waals surface area contributed by atoms with Gasteiger partial charge in [-0.05, 0) is 6.42 Å². The Hall–Kier alpha value is -0.210. The first kappa shape index (κ1) is 22.8. The van der Waals surface area contributed by atoms with Gasteiger partial charge in [0.1, 0.15) is 0 Å². The van der Waals surface area contributed by atoms with Gasteiger partial charge in [0.05, 0.1) is 0 Å². The van der Waals surface area contributed by atoms with Crippen molar-refractivity contribution in [2.75, 3.05) is 0 Å². The summed E-state index contributed by atoms with van der Waals surface area (Å²) in [5.74, 6) is 0. The summed E-state index contributed by atoms with van der Waals surface area (Å²) in [7, 11) is 0. The Kier molecular flexibility index (Phi) is 16.5. The molecule has 140 valence electrons. The molecule has 0 atom stereocenters. The second-order valence-electron chi connectivity index (χ2n) is 7.02. The standard InChI is InChI=1S/C20H39F3/c1-2-3-4-5-6-7-8-9-10-11-12-13-14-15-16-17-18-19-20(21,22)23/h2-19H2,1H3. The van der Waals surface area contributed by atoms with E-state index in [2.05, 4.69) is 6.92 Å². The lowest BCUT2D eigenvalue weighted by Crippen LogP contribution is -2.06. The Labute approximate surface area is 142 Å². The molecule has 0 saturated carbocycles. The van der Waals surface area contributed by atoms with E-state index < -0.39 is 12.6 Å². The maximum Gasteiger partial charge on any atom is 0.389 e. The SMILES string of the molecule is CCCCCCCCCCCCCCCCCCCC(F)(F)F. The summed E-state index contributed by atoms with van der Waals surface area (Å²) in [4.78, 5) is 0. The van der Waals surface area contributed by atoms with Crippen molar-refractivity contribution in [3.63, 3.8) is 0 Å². The summed E-state index contributed by atoms with van der Waals surface area (Å²) in [6.07, 6.45) is 16.1. The molecule has 0 unspecified atom stereocenters. The number of alkyl halides is 3. The third-order valence-corrected chi connectivity index (χ3v) is 4.56. The van der Waals surface area contributed by atoms with Crippen LogP contribution in [-0.4, -0.2) is 6.18 Å². The zero-order valence-electron chi connectivity index (χ0n) is 15.4. The molecule has 0 aromatic heterocycles. The molecule has 0 N–H and O–H groups in total. The van der Waals surface area contributed by atoms with Crippen LogP contribution >= 0.6 is 0 Å². The predicted octanol–water partition coefficient (Wildman–Crippen LogP) is 8.59. The van der Waals surface area contributed by atoms with Crippen LogP contribution in [0, 0.1) is 0 Å². The smallest absolute Gasteiger partial charge is 0.171 e. The molecule has 23 heavy (non-hydrogen) atoms. The highest BCUT2D eigenvalue weighted by atomic mass is 19.4. The van der Waals surface area contributed by atoms with Gasteiger partial charge in [0.2, 0.25) is 0 Å². The topological polar surface area (TPSA) is 0 Å². The molecule has 0 aromatic carbocycles. The second kappa shape index (κ2) is 16.6. The summed E-state index contributed by atoms with van der Waals surface area (Å²) in [5.41, 5.74) is 0. The van der Waals surface area contributed by atoms with Gasteiger partial charge in [-0.15, -0.1) is 0 Å². The number of hydrogen-bond acceptors (Lipinski definition) is 0. The van der Waals surface area contributed by atoms with Crippen LogP contribution < -0.4 is 0 Å². The molecule has 0 radical (unpaired) electrons. The van der Waals surface area contributed by atoms with E-state index in [4.69, 9.17) is 0 Å². The lowest BCUT2D eigenvalue weighted by molar-refractivity contribution is -0.135. The van der Waals surface area contributed by atoms with Crippen molar-refractivity contribution in [2.45, 2.75) is 129 Å². The maximum absolute atomic E-state index is 12.0. The van der Waals surface area contributed by atoms with Crippen LogP contribution in [0.4, 0.5) is 13.2 Å². The molecule has 0 heterocycles. The van der Waals surface area contributed by atoms with Gasteiger partial charge >= 0.3 is 6.18 Å². The molecule has 0 spiro atoms. The monoisotopic (exact) mass is 336 g/mol. The molecular weight excluding hydrogens is 297 g/mol. The van der Waals surface area contributed by atoms with E-state index in [1.807, 2.05) is 0 Å². The van der Waals surface area contributed by atoms with Crippen molar-refractivity contribution >= 4 is 0 Å². The van der Waals surface area contributed by atoms with E-state index >= 15 is 0 Å². The molecule has 0 nitrogen and oxygen atoms in total. The zero-order valence-corrected chi connectivity index (χ0v) is 15.4. The Bertz CT molecular complexity index is 223. The zero-order chi connectivity index (χ0) is 17.2. The van der Waals surface area contributed by atoms with Crippen LogP contribution in [0.3, 0.4) is 0 Å². The van der Waals surface area contributed by atoms with Gasteiger partial charge in [-0.25, -0.2) is 0 Å². The van der Waals surface area contributed by atoms with Crippen molar-refractivity contribution in [1.29, 1.82) is 0 Å². The minimum atomic E-state index is -3.96. The normalized spacial score (nSPS) is 12.0. The van der Waals surface area contributed by atoms with E-state index in [1.54, 1.807) is 0 Å². The molecular formula is C20H39F3. The second-order valence-corrected chi connectivity index (χ2v) is 7.02. The number of halogens is 3. The number of hydrogen-bond donors (Lipinski definition) is 0. The van der Waals surface area contributed by atoms with Gasteiger partial charge in [0.15, 0.2) is 0 Å². The highest BCUT2D eigenvalue weighted by Gasteiger charge is 2.25. The summed E-state index contributed by atoms with van der Waals surface area (Å²) >= 11 is 0. The molecule has 0 aromatic rings. The average molecular weight is 337 g/mol. The van der Waals surface area contributed by atoms with Gasteiger partial charge in [0.25, 0.3) is 0 Å². The molecule has 0 aliphatic carbocycles. The third kappa shape index (κ3) is 21.8. The van der Waals surface area contributed by atoms with Crippen molar-refractivity contribution in [1.82, 2.24) is 0 Å². The number of unbranched alkanes of at least 4 members (excludes halogenated alkanes) is 16. The van der Waals surface area contributed by atoms with E-state index in [9.17, 15) is 13.2 Å². The van der Waals surface area contributed by atoms with Crippen molar-refractivity contribution in [2.24, 2.45) is 0 Å². The van der Waals surface area contributed by atoms with Crippen LogP contribution in [0.15, 0.2) is 0 Å².